The lowest BCUT2D eigenvalue weighted by Crippen LogP contribution is -2.14. The van der Waals surface area contributed by atoms with Crippen LogP contribution in [-0.4, -0.2) is 14.7 Å². The van der Waals surface area contributed by atoms with E-state index in [1.807, 2.05) is 37.3 Å². The lowest BCUT2D eigenvalue weighted by molar-refractivity contribution is 0.383. The van der Waals surface area contributed by atoms with Crippen molar-refractivity contribution in [3.05, 3.63) is 64.9 Å². The van der Waals surface area contributed by atoms with E-state index >= 15 is 0 Å². The summed E-state index contributed by atoms with van der Waals surface area (Å²) in [7, 11) is 0. The third-order valence-corrected chi connectivity index (χ3v) is 2.88. The minimum Gasteiger partial charge on any atom is -0.295 e. The molecule has 5 heteroatoms. The summed E-state index contributed by atoms with van der Waals surface area (Å²) >= 11 is 0. The SMILES string of the molecule is Cc1ccccc1-n1c(-c2cccnc2)noc1=O. The van der Waals surface area contributed by atoms with Gasteiger partial charge in [-0.1, -0.05) is 23.4 Å². The zero-order chi connectivity index (χ0) is 13.2. The predicted octanol–water partition coefficient (Wildman–Crippen LogP) is 2.20. The van der Waals surface area contributed by atoms with Gasteiger partial charge in [0.15, 0.2) is 5.82 Å². The van der Waals surface area contributed by atoms with Gasteiger partial charge in [-0.2, -0.15) is 0 Å². The van der Waals surface area contributed by atoms with Crippen LogP contribution in [0.3, 0.4) is 0 Å². The molecule has 0 fully saturated rings. The Hall–Kier alpha value is -2.69. The Bertz CT molecular complexity index is 760. The molecule has 0 saturated carbocycles. The van der Waals surface area contributed by atoms with Gasteiger partial charge in [0.1, 0.15) is 0 Å². The first-order valence-electron chi connectivity index (χ1n) is 5.82. The molecular weight excluding hydrogens is 242 g/mol. The van der Waals surface area contributed by atoms with Crippen LogP contribution in [0.2, 0.25) is 0 Å². The summed E-state index contributed by atoms with van der Waals surface area (Å²) in [5.74, 6) is -0.0550. The first-order valence-corrected chi connectivity index (χ1v) is 5.82. The first-order chi connectivity index (χ1) is 9.27. The van der Waals surface area contributed by atoms with Gasteiger partial charge in [-0.3, -0.25) is 9.51 Å². The second-order valence-corrected chi connectivity index (χ2v) is 4.14. The van der Waals surface area contributed by atoms with E-state index in [4.69, 9.17) is 4.52 Å². The van der Waals surface area contributed by atoms with Gasteiger partial charge in [0.2, 0.25) is 0 Å². The molecule has 0 aliphatic carbocycles. The highest BCUT2D eigenvalue weighted by Gasteiger charge is 2.15. The van der Waals surface area contributed by atoms with E-state index in [-0.39, 0.29) is 0 Å². The number of hydrogen-bond donors (Lipinski definition) is 0. The molecule has 0 radical (unpaired) electrons. The number of pyridine rings is 1. The molecule has 0 N–H and O–H groups in total. The van der Waals surface area contributed by atoms with Crippen LogP contribution >= 0.6 is 0 Å². The molecule has 94 valence electrons. The van der Waals surface area contributed by atoms with Crippen molar-refractivity contribution in [3.63, 3.8) is 0 Å². The summed E-state index contributed by atoms with van der Waals surface area (Å²) in [6.45, 7) is 1.93. The molecule has 0 atom stereocenters. The maximum Gasteiger partial charge on any atom is 0.446 e. The molecule has 0 amide bonds. The van der Waals surface area contributed by atoms with Gasteiger partial charge in [-0.15, -0.1) is 0 Å². The molecule has 2 aromatic heterocycles. The Kier molecular flexibility index (Phi) is 2.72. The summed E-state index contributed by atoms with van der Waals surface area (Å²) in [5, 5.41) is 3.84. The van der Waals surface area contributed by atoms with E-state index in [9.17, 15) is 4.79 Å². The molecule has 2 heterocycles. The van der Waals surface area contributed by atoms with E-state index in [2.05, 4.69) is 10.1 Å². The Morgan fingerprint density at radius 1 is 1.16 bits per heavy atom. The van der Waals surface area contributed by atoms with Crippen molar-refractivity contribution in [2.75, 3.05) is 0 Å². The standard InChI is InChI=1S/C14H11N3O2/c1-10-5-2-3-7-12(10)17-13(16-19-14(17)18)11-6-4-8-15-9-11/h2-9H,1H3. The van der Waals surface area contributed by atoms with Gasteiger partial charge in [0.25, 0.3) is 0 Å². The summed E-state index contributed by atoms with van der Waals surface area (Å²) < 4.78 is 6.24. The maximum atomic E-state index is 11.9. The summed E-state index contributed by atoms with van der Waals surface area (Å²) in [6, 6.07) is 11.2. The Balaban J connectivity index is 2.26. The lowest BCUT2D eigenvalue weighted by Gasteiger charge is -2.06. The number of aromatic nitrogens is 3. The van der Waals surface area contributed by atoms with Gasteiger partial charge < -0.3 is 0 Å². The van der Waals surface area contributed by atoms with Gasteiger partial charge in [0.05, 0.1) is 5.69 Å². The molecule has 0 spiro atoms. The molecule has 0 saturated heterocycles. The number of hydrogen-bond acceptors (Lipinski definition) is 4. The smallest absolute Gasteiger partial charge is 0.295 e. The molecule has 3 aromatic rings. The average molecular weight is 253 g/mol. The Morgan fingerprint density at radius 3 is 2.74 bits per heavy atom. The first kappa shape index (κ1) is 11.4. The monoisotopic (exact) mass is 253 g/mol. The van der Waals surface area contributed by atoms with Crippen molar-refractivity contribution < 1.29 is 4.52 Å². The third-order valence-electron chi connectivity index (χ3n) is 2.88. The highest BCUT2D eigenvalue weighted by molar-refractivity contribution is 5.57. The van der Waals surface area contributed by atoms with E-state index in [0.717, 1.165) is 16.8 Å². The average Bonchev–Trinajstić information content (AvgIpc) is 2.82. The highest BCUT2D eigenvalue weighted by Crippen LogP contribution is 2.20. The van der Waals surface area contributed by atoms with Crippen LogP contribution in [0.15, 0.2) is 58.1 Å². The van der Waals surface area contributed by atoms with Gasteiger partial charge in [-0.05, 0) is 30.7 Å². The van der Waals surface area contributed by atoms with Crippen molar-refractivity contribution in [1.82, 2.24) is 14.7 Å². The minimum absolute atomic E-state index is 0.451. The molecule has 3 rings (SSSR count). The second kappa shape index (κ2) is 4.53. The number of rotatable bonds is 2. The maximum absolute atomic E-state index is 11.9. The molecule has 0 aliphatic heterocycles. The van der Waals surface area contributed by atoms with Crippen LogP contribution in [0, 0.1) is 6.92 Å². The summed E-state index contributed by atoms with van der Waals surface area (Å²) in [5.41, 5.74) is 2.46. The molecular formula is C14H11N3O2. The fraction of sp³-hybridized carbons (Fsp3) is 0.0714. The topological polar surface area (TPSA) is 60.9 Å². The van der Waals surface area contributed by atoms with Crippen LogP contribution in [0.1, 0.15) is 5.56 Å². The summed E-state index contributed by atoms with van der Waals surface area (Å²) in [4.78, 5) is 15.9. The van der Waals surface area contributed by atoms with Crippen molar-refractivity contribution >= 4 is 0 Å². The fourth-order valence-electron chi connectivity index (χ4n) is 1.95. The number of benzene rings is 1. The number of nitrogens with zero attached hydrogens (tertiary/aromatic N) is 3. The van der Waals surface area contributed by atoms with Gasteiger partial charge in [0, 0.05) is 18.0 Å². The molecule has 0 bridgehead atoms. The second-order valence-electron chi connectivity index (χ2n) is 4.14. The lowest BCUT2D eigenvalue weighted by atomic mass is 10.2. The van der Waals surface area contributed by atoms with Crippen LogP contribution < -0.4 is 5.76 Å². The molecule has 5 nitrogen and oxygen atoms in total. The fourth-order valence-corrected chi connectivity index (χ4v) is 1.95. The van der Waals surface area contributed by atoms with E-state index in [1.165, 1.54) is 4.57 Å². The van der Waals surface area contributed by atoms with Crippen molar-refractivity contribution in [2.24, 2.45) is 0 Å². The number of para-hydroxylation sites is 1. The predicted molar refractivity (Wildman–Crippen MR) is 70.1 cm³/mol. The largest absolute Gasteiger partial charge is 0.446 e. The van der Waals surface area contributed by atoms with E-state index in [1.54, 1.807) is 18.5 Å². The van der Waals surface area contributed by atoms with Crippen LogP contribution in [0.25, 0.3) is 17.1 Å². The van der Waals surface area contributed by atoms with Crippen molar-refractivity contribution in [1.29, 1.82) is 0 Å². The van der Waals surface area contributed by atoms with Crippen LogP contribution in [0.5, 0.6) is 0 Å². The molecule has 0 unspecified atom stereocenters. The Morgan fingerprint density at radius 2 is 2.00 bits per heavy atom. The van der Waals surface area contributed by atoms with Crippen LogP contribution in [0.4, 0.5) is 0 Å². The summed E-state index contributed by atoms with van der Waals surface area (Å²) in [6.07, 6.45) is 3.31. The Labute approximate surface area is 109 Å². The van der Waals surface area contributed by atoms with Crippen LogP contribution in [-0.2, 0) is 0 Å². The van der Waals surface area contributed by atoms with Crippen molar-refractivity contribution in [2.45, 2.75) is 6.92 Å². The number of aryl methyl sites for hydroxylation is 1. The van der Waals surface area contributed by atoms with Gasteiger partial charge in [-0.25, -0.2) is 9.36 Å². The zero-order valence-electron chi connectivity index (χ0n) is 10.3. The van der Waals surface area contributed by atoms with Gasteiger partial charge >= 0.3 is 5.76 Å². The molecule has 19 heavy (non-hydrogen) atoms. The van der Waals surface area contributed by atoms with E-state index in [0.29, 0.717) is 5.82 Å². The highest BCUT2D eigenvalue weighted by atomic mass is 16.5. The van der Waals surface area contributed by atoms with Crippen molar-refractivity contribution in [3.8, 4) is 17.1 Å². The molecule has 1 aromatic carbocycles. The zero-order valence-corrected chi connectivity index (χ0v) is 10.3. The molecule has 0 aliphatic rings. The third kappa shape index (κ3) is 1.95. The quantitative estimate of drug-likeness (QED) is 0.702. The van der Waals surface area contributed by atoms with E-state index < -0.39 is 5.76 Å². The minimum atomic E-state index is -0.506. The normalized spacial score (nSPS) is 10.6.